The maximum Gasteiger partial charge on any atom is 0.307 e. The summed E-state index contributed by atoms with van der Waals surface area (Å²) < 4.78 is 7.15. The fourth-order valence-corrected chi connectivity index (χ4v) is 6.72. The molecule has 0 saturated heterocycles. The molecule has 0 unspecified atom stereocenters. The molecular formula is C24H22N2O4S2. The molecule has 2 N–H and O–H groups in total. The van der Waals surface area contributed by atoms with Gasteiger partial charge in [0.05, 0.1) is 29.2 Å². The minimum atomic E-state index is -0.890. The Hall–Kier alpha value is -2.84. The number of carboxylic acids is 1. The van der Waals surface area contributed by atoms with Gasteiger partial charge >= 0.3 is 5.97 Å². The van der Waals surface area contributed by atoms with Crippen molar-refractivity contribution in [2.45, 2.75) is 16.5 Å². The highest BCUT2D eigenvalue weighted by atomic mass is 32.2. The average Bonchev–Trinajstić information content (AvgIpc) is 3.51. The molecule has 2 aromatic carbocycles. The number of carbonyl (C=O) groups is 2. The van der Waals surface area contributed by atoms with E-state index in [-0.39, 0.29) is 17.7 Å². The molecule has 1 fully saturated rings. The van der Waals surface area contributed by atoms with Crippen molar-refractivity contribution in [3.8, 4) is 5.75 Å². The van der Waals surface area contributed by atoms with Crippen LogP contribution < -0.4 is 10.1 Å². The van der Waals surface area contributed by atoms with E-state index < -0.39 is 17.8 Å². The first kappa shape index (κ1) is 21.0. The lowest BCUT2D eigenvalue weighted by Crippen LogP contribution is -2.36. The van der Waals surface area contributed by atoms with Crippen molar-refractivity contribution >= 4 is 50.9 Å². The molecule has 0 aliphatic heterocycles. The van der Waals surface area contributed by atoms with Crippen LogP contribution in [-0.2, 0) is 15.3 Å². The third-order valence-electron chi connectivity index (χ3n) is 6.20. The summed E-state index contributed by atoms with van der Waals surface area (Å²) in [7, 11) is 1.65. The second-order valence-electron chi connectivity index (χ2n) is 8.13. The Kier molecular flexibility index (Phi) is 5.65. The number of rotatable bonds is 7. The lowest BCUT2D eigenvalue weighted by molar-refractivity contribution is -0.146. The van der Waals surface area contributed by atoms with Crippen molar-refractivity contribution in [1.29, 1.82) is 0 Å². The van der Waals surface area contributed by atoms with Crippen LogP contribution in [0.25, 0.3) is 10.2 Å². The molecule has 1 saturated carbocycles. The molecule has 3 aromatic rings. The lowest BCUT2D eigenvalue weighted by Gasteiger charge is -2.23. The number of ether oxygens (including phenoxy) is 1. The molecule has 5 rings (SSSR count). The number of anilines is 1. The Morgan fingerprint density at radius 1 is 1.16 bits per heavy atom. The van der Waals surface area contributed by atoms with Gasteiger partial charge in [0, 0.05) is 11.4 Å². The van der Waals surface area contributed by atoms with Crippen molar-refractivity contribution < 1.29 is 19.4 Å². The first-order valence-electron chi connectivity index (χ1n) is 10.4. The molecule has 0 radical (unpaired) electrons. The zero-order valence-electron chi connectivity index (χ0n) is 17.4. The Labute approximate surface area is 193 Å². The number of carbonyl (C=O) groups excluding carboxylic acids is 1. The summed E-state index contributed by atoms with van der Waals surface area (Å²) in [5.41, 5.74) is 2.75. The molecule has 1 aromatic heterocycles. The number of aliphatic carboxylic acids is 1. The molecule has 0 spiro atoms. The maximum atomic E-state index is 12.9. The molecular weight excluding hydrogens is 444 g/mol. The number of aromatic nitrogens is 1. The van der Waals surface area contributed by atoms with Gasteiger partial charge in [0.25, 0.3) is 0 Å². The second kappa shape index (κ2) is 8.60. The Balaban J connectivity index is 1.27. The van der Waals surface area contributed by atoms with Crippen LogP contribution in [0.4, 0.5) is 5.69 Å². The highest BCUT2D eigenvalue weighted by molar-refractivity contribution is 8.00. The van der Waals surface area contributed by atoms with E-state index in [1.165, 1.54) is 5.56 Å². The number of nitrogens with one attached hydrogen (secondary N) is 1. The molecule has 2 bridgehead atoms. The molecule has 164 valence electrons. The van der Waals surface area contributed by atoms with Gasteiger partial charge in [-0.15, -0.1) is 11.3 Å². The Bertz CT molecular complexity index is 1200. The zero-order chi connectivity index (χ0) is 22.2. The first-order valence-corrected chi connectivity index (χ1v) is 12.2. The van der Waals surface area contributed by atoms with Gasteiger partial charge in [0.1, 0.15) is 5.75 Å². The van der Waals surface area contributed by atoms with Crippen LogP contribution >= 0.6 is 23.1 Å². The summed E-state index contributed by atoms with van der Waals surface area (Å²) in [5.74, 6) is -0.651. The highest BCUT2D eigenvalue weighted by Gasteiger charge is 2.51. The van der Waals surface area contributed by atoms with Gasteiger partial charge < -0.3 is 15.2 Å². The van der Waals surface area contributed by atoms with Crippen molar-refractivity contribution in [2.75, 3.05) is 12.4 Å². The van der Waals surface area contributed by atoms with Gasteiger partial charge in [-0.2, -0.15) is 0 Å². The summed E-state index contributed by atoms with van der Waals surface area (Å²) in [6.07, 6.45) is 4.69. The van der Waals surface area contributed by atoms with Crippen LogP contribution in [-0.4, -0.2) is 29.1 Å². The summed E-state index contributed by atoms with van der Waals surface area (Å²) in [4.78, 5) is 29.3. The molecule has 1 heterocycles. The minimum absolute atomic E-state index is 0.00851. The number of hydrogen-bond donors (Lipinski definition) is 2. The second-order valence-corrected chi connectivity index (χ2v) is 10.4. The van der Waals surface area contributed by atoms with Crippen LogP contribution in [0.2, 0.25) is 0 Å². The van der Waals surface area contributed by atoms with Crippen LogP contribution in [0, 0.1) is 23.7 Å². The number of nitrogens with zero attached hydrogens (tertiary/aromatic N) is 1. The quantitative estimate of drug-likeness (QED) is 0.374. The van der Waals surface area contributed by atoms with Gasteiger partial charge in [-0.25, -0.2) is 4.98 Å². The number of thiazole rings is 1. The number of fused-ring (bicyclic) bond motifs is 3. The Morgan fingerprint density at radius 2 is 1.91 bits per heavy atom. The van der Waals surface area contributed by atoms with Crippen molar-refractivity contribution in [3.63, 3.8) is 0 Å². The molecule has 1 amide bonds. The number of methoxy groups -OCH3 is 1. The van der Waals surface area contributed by atoms with Crippen LogP contribution in [0.5, 0.6) is 5.75 Å². The predicted octanol–water partition coefficient (Wildman–Crippen LogP) is 5.06. The smallest absolute Gasteiger partial charge is 0.307 e. The number of thioether (sulfide) groups is 1. The molecule has 2 aliphatic carbocycles. The monoisotopic (exact) mass is 466 g/mol. The largest absolute Gasteiger partial charge is 0.497 e. The average molecular weight is 467 g/mol. The van der Waals surface area contributed by atoms with Gasteiger partial charge in [0.2, 0.25) is 5.91 Å². The van der Waals surface area contributed by atoms with Gasteiger partial charge in [0.15, 0.2) is 4.34 Å². The fraction of sp³-hybridized carbons (Fsp3) is 0.292. The Morgan fingerprint density at radius 3 is 2.62 bits per heavy atom. The summed E-state index contributed by atoms with van der Waals surface area (Å²) in [6.45, 7) is 0. The molecule has 8 heteroatoms. The lowest BCUT2D eigenvalue weighted by atomic mass is 9.82. The molecule has 32 heavy (non-hydrogen) atoms. The van der Waals surface area contributed by atoms with Crippen molar-refractivity contribution in [1.82, 2.24) is 4.98 Å². The van der Waals surface area contributed by atoms with E-state index in [1.54, 1.807) is 30.2 Å². The van der Waals surface area contributed by atoms with E-state index in [0.29, 0.717) is 5.69 Å². The minimum Gasteiger partial charge on any atom is -0.497 e. The van der Waals surface area contributed by atoms with Crippen LogP contribution in [0.1, 0.15) is 12.0 Å². The van der Waals surface area contributed by atoms with Gasteiger partial charge in [-0.1, -0.05) is 36.0 Å². The standard InChI is InChI=1S/C24H22N2O4S2/c1-30-17-7-2-13(3-8-17)12-31-24-26-18-9-6-16(11-19(18)32-24)25-22(27)20-14-4-5-15(10-14)21(20)23(28)29/h2-9,11,14-15,20-21H,10,12H2,1H3,(H,25,27)(H,28,29)/t14-,15-,20-,21-/m0/s1. The molecule has 4 atom stereocenters. The first-order chi connectivity index (χ1) is 15.5. The zero-order valence-corrected chi connectivity index (χ0v) is 19.0. The SMILES string of the molecule is COc1ccc(CSc2nc3ccc(NC(=O)[C@@H]4[C@@H](C(=O)O)[C@H]5C=C[C@H]4C5)cc3s2)cc1. The summed E-state index contributed by atoms with van der Waals surface area (Å²) >= 11 is 3.26. The van der Waals surface area contributed by atoms with Crippen LogP contribution in [0.3, 0.4) is 0 Å². The topological polar surface area (TPSA) is 88.5 Å². The third kappa shape index (κ3) is 4.00. The third-order valence-corrected chi connectivity index (χ3v) is 8.44. The summed E-state index contributed by atoms with van der Waals surface area (Å²) in [6, 6.07) is 13.6. The van der Waals surface area contributed by atoms with E-state index in [1.807, 2.05) is 54.6 Å². The van der Waals surface area contributed by atoms with E-state index in [9.17, 15) is 14.7 Å². The van der Waals surface area contributed by atoms with E-state index in [0.717, 1.165) is 32.5 Å². The molecule has 6 nitrogen and oxygen atoms in total. The predicted molar refractivity (Wildman–Crippen MR) is 126 cm³/mol. The number of carboxylic acid groups (broad SMARTS) is 1. The van der Waals surface area contributed by atoms with E-state index in [2.05, 4.69) is 10.3 Å². The van der Waals surface area contributed by atoms with E-state index in [4.69, 9.17) is 4.74 Å². The van der Waals surface area contributed by atoms with Crippen molar-refractivity contribution in [2.24, 2.45) is 23.7 Å². The fourth-order valence-electron chi connectivity index (χ4n) is 4.65. The van der Waals surface area contributed by atoms with Gasteiger partial charge in [-0.3, -0.25) is 9.59 Å². The van der Waals surface area contributed by atoms with Crippen molar-refractivity contribution in [3.05, 3.63) is 60.2 Å². The van der Waals surface area contributed by atoms with E-state index >= 15 is 0 Å². The number of benzene rings is 2. The number of allylic oxidation sites excluding steroid dienone is 2. The molecule has 2 aliphatic rings. The van der Waals surface area contributed by atoms with Gasteiger partial charge in [-0.05, 0) is 54.2 Å². The summed E-state index contributed by atoms with van der Waals surface area (Å²) in [5, 5.41) is 12.5. The van der Waals surface area contributed by atoms with Crippen LogP contribution in [0.15, 0.2) is 59.0 Å². The number of amides is 1. The highest BCUT2D eigenvalue weighted by Crippen LogP contribution is 2.48. The normalized spacial score (nSPS) is 23.5. The maximum absolute atomic E-state index is 12.9. The number of hydrogen-bond acceptors (Lipinski definition) is 6.